The SMILES string of the molecule is COC1Cc2ccccc2C2=CC3C(OC)Cc4ccccc4C3C=C21. The zero-order valence-electron chi connectivity index (χ0n) is 15.3. The second kappa shape index (κ2) is 6.22. The summed E-state index contributed by atoms with van der Waals surface area (Å²) in [7, 11) is 3.68. The smallest absolute Gasteiger partial charge is 0.0864 e. The van der Waals surface area contributed by atoms with E-state index < -0.39 is 0 Å². The monoisotopic (exact) mass is 344 g/mol. The van der Waals surface area contributed by atoms with Gasteiger partial charge in [-0.2, -0.15) is 0 Å². The van der Waals surface area contributed by atoms with E-state index in [-0.39, 0.29) is 12.2 Å². The summed E-state index contributed by atoms with van der Waals surface area (Å²) in [5.74, 6) is 0.740. The minimum atomic E-state index is 0.132. The largest absolute Gasteiger partial charge is 0.380 e. The maximum atomic E-state index is 5.93. The average Bonchev–Trinajstić information content (AvgIpc) is 2.71. The molecule has 0 heterocycles. The van der Waals surface area contributed by atoms with Crippen LogP contribution < -0.4 is 0 Å². The predicted octanol–water partition coefficient (Wildman–Crippen LogP) is 4.55. The van der Waals surface area contributed by atoms with Crippen LogP contribution in [0.25, 0.3) is 5.57 Å². The molecule has 2 aromatic rings. The van der Waals surface area contributed by atoms with E-state index in [1.807, 2.05) is 14.2 Å². The molecule has 2 aromatic carbocycles. The van der Waals surface area contributed by atoms with Crippen molar-refractivity contribution < 1.29 is 9.47 Å². The molecule has 4 atom stereocenters. The summed E-state index contributed by atoms with van der Waals surface area (Å²) >= 11 is 0. The Morgan fingerprint density at radius 3 is 2.38 bits per heavy atom. The molecular weight excluding hydrogens is 320 g/mol. The van der Waals surface area contributed by atoms with Crippen molar-refractivity contribution in [2.75, 3.05) is 14.2 Å². The number of hydrogen-bond acceptors (Lipinski definition) is 2. The van der Waals surface area contributed by atoms with E-state index in [0.29, 0.717) is 11.8 Å². The van der Waals surface area contributed by atoms with Gasteiger partial charge in [0.15, 0.2) is 0 Å². The highest BCUT2D eigenvalue weighted by Gasteiger charge is 2.40. The molecule has 0 aliphatic heterocycles. The molecule has 0 saturated heterocycles. The summed E-state index contributed by atoms with van der Waals surface area (Å²) in [4.78, 5) is 0. The van der Waals surface area contributed by atoms with Crippen LogP contribution >= 0.6 is 0 Å². The van der Waals surface area contributed by atoms with Gasteiger partial charge >= 0.3 is 0 Å². The lowest BCUT2D eigenvalue weighted by Crippen LogP contribution is -2.37. The summed E-state index contributed by atoms with van der Waals surface area (Å²) in [6, 6.07) is 17.6. The van der Waals surface area contributed by atoms with E-state index in [0.717, 1.165) is 12.8 Å². The van der Waals surface area contributed by atoms with Gasteiger partial charge in [0.05, 0.1) is 12.2 Å². The molecule has 0 fully saturated rings. The molecular formula is C24H24O2. The number of methoxy groups -OCH3 is 2. The molecule has 0 aromatic heterocycles. The Morgan fingerprint density at radius 2 is 1.58 bits per heavy atom. The van der Waals surface area contributed by atoms with E-state index in [4.69, 9.17) is 9.47 Å². The van der Waals surface area contributed by atoms with E-state index in [9.17, 15) is 0 Å². The fourth-order valence-corrected chi connectivity index (χ4v) is 5.07. The number of hydrogen-bond donors (Lipinski definition) is 0. The normalized spacial score (nSPS) is 28.8. The highest BCUT2D eigenvalue weighted by Crippen LogP contribution is 2.49. The van der Waals surface area contributed by atoms with Crippen LogP contribution in [0.3, 0.4) is 0 Å². The summed E-state index contributed by atoms with van der Waals surface area (Å²) < 4.78 is 11.8. The van der Waals surface area contributed by atoms with Gasteiger partial charge in [0.25, 0.3) is 0 Å². The maximum Gasteiger partial charge on any atom is 0.0864 e. The fraction of sp³-hybridized carbons (Fsp3) is 0.333. The zero-order valence-corrected chi connectivity index (χ0v) is 15.3. The lowest BCUT2D eigenvalue weighted by molar-refractivity contribution is 0.0566. The van der Waals surface area contributed by atoms with E-state index in [1.54, 1.807) is 0 Å². The summed E-state index contributed by atoms with van der Waals surface area (Å²) in [5.41, 5.74) is 8.30. The van der Waals surface area contributed by atoms with Gasteiger partial charge in [-0.25, -0.2) is 0 Å². The molecule has 2 nitrogen and oxygen atoms in total. The van der Waals surface area contributed by atoms with Crippen molar-refractivity contribution in [2.24, 2.45) is 5.92 Å². The van der Waals surface area contributed by atoms with E-state index in [2.05, 4.69) is 60.7 Å². The van der Waals surface area contributed by atoms with Gasteiger partial charge in [-0.3, -0.25) is 0 Å². The topological polar surface area (TPSA) is 18.5 Å². The molecule has 0 amide bonds. The first-order chi connectivity index (χ1) is 12.8. The van der Waals surface area contributed by atoms with Crippen molar-refractivity contribution in [3.63, 3.8) is 0 Å². The number of fused-ring (bicyclic) bond motifs is 6. The Bertz CT molecular complexity index is 908. The molecule has 132 valence electrons. The van der Waals surface area contributed by atoms with Crippen LogP contribution in [0.1, 0.15) is 28.2 Å². The third-order valence-electron chi connectivity index (χ3n) is 6.36. The standard InChI is InChI=1S/C24H24O2/c1-25-23-11-15-7-3-5-9-17(15)19-14-22-20(13-21(19)23)18-10-6-4-8-16(18)12-24(22)26-2/h3-10,13-14,19,21,23-24H,11-12H2,1-2H3. The number of ether oxygens (including phenoxy) is 2. The molecule has 26 heavy (non-hydrogen) atoms. The summed E-state index contributed by atoms with van der Waals surface area (Å²) in [6.07, 6.45) is 7.21. The second-order valence-electron chi connectivity index (χ2n) is 7.57. The first-order valence-electron chi connectivity index (χ1n) is 9.45. The average molecular weight is 344 g/mol. The Balaban J connectivity index is 1.69. The van der Waals surface area contributed by atoms with Crippen molar-refractivity contribution in [1.29, 1.82) is 0 Å². The van der Waals surface area contributed by atoms with Crippen molar-refractivity contribution in [1.82, 2.24) is 0 Å². The van der Waals surface area contributed by atoms with Gasteiger partial charge in [0.2, 0.25) is 0 Å². The zero-order chi connectivity index (χ0) is 17.7. The van der Waals surface area contributed by atoms with Gasteiger partial charge in [0.1, 0.15) is 0 Å². The second-order valence-corrected chi connectivity index (χ2v) is 7.57. The third kappa shape index (κ3) is 2.33. The Kier molecular flexibility index (Phi) is 3.84. The van der Waals surface area contributed by atoms with Crippen LogP contribution in [0.4, 0.5) is 0 Å². The molecule has 0 spiro atoms. The molecule has 0 N–H and O–H groups in total. The molecule has 4 unspecified atom stereocenters. The number of rotatable bonds is 2. The highest BCUT2D eigenvalue weighted by molar-refractivity contribution is 5.85. The van der Waals surface area contributed by atoms with Crippen LogP contribution in [-0.4, -0.2) is 26.4 Å². The first kappa shape index (κ1) is 16.0. The highest BCUT2D eigenvalue weighted by atomic mass is 16.5. The summed E-state index contributed by atoms with van der Waals surface area (Å²) in [5, 5.41) is 0. The molecule has 0 radical (unpaired) electrons. The quantitative estimate of drug-likeness (QED) is 0.795. The van der Waals surface area contributed by atoms with Crippen LogP contribution in [0.5, 0.6) is 0 Å². The molecule has 5 rings (SSSR count). The number of allylic oxidation sites excluding steroid dienone is 1. The van der Waals surface area contributed by atoms with Gasteiger partial charge in [-0.15, -0.1) is 0 Å². The minimum Gasteiger partial charge on any atom is -0.380 e. The first-order valence-corrected chi connectivity index (χ1v) is 9.45. The molecule has 2 heteroatoms. The Labute approximate surface area is 155 Å². The molecule has 0 bridgehead atoms. The lowest BCUT2D eigenvalue weighted by Gasteiger charge is -2.42. The van der Waals surface area contributed by atoms with Crippen LogP contribution in [0.15, 0.2) is 66.3 Å². The van der Waals surface area contributed by atoms with Gasteiger partial charge in [-0.05, 0) is 39.8 Å². The van der Waals surface area contributed by atoms with Crippen molar-refractivity contribution in [2.45, 2.75) is 31.0 Å². The van der Waals surface area contributed by atoms with E-state index in [1.165, 1.54) is 33.4 Å². The van der Waals surface area contributed by atoms with Crippen molar-refractivity contribution in [3.05, 3.63) is 88.5 Å². The predicted molar refractivity (Wildman–Crippen MR) is 104 cm³/mol. The number of benzene rings is 2. The maximum absolute atomic E-state index is 5.93. The van der Waals surface area contributed by atoms with Crippen LogP contribution in [0.2, 0.25) is 0 Å². The van der Waals surface area contributed by atoms with E-state index >= 15 is 0 Å². The Morgan fingerprint density at radius 1 is 0.808 bits per heavy atom. The Hall–Kier alpha value is -2.16. The fourth-order valence-electron chi connectivity index (χ4n) is 5.07. The van der Waals surface area contributed by atoms with Crippen molar-refractivity contribution in [3.8, 4) is 0 Å². The van der Waals surface area contributed by atoms with Crippen LogP contribution in [-0.2, 0) is 22.3 Å². The van der Waals surface area contributed by atoms with Gasteiger partial charge in [0, 0.05) is 32.5 Å². The summed E-state index contributed by atoms with van der Waals surface area (Å²) in [6.45, 7) is 0. The van der Waals surface area contributed by atoms with Crippen LogP contribution in [0, 0.1) is 5.92 Å². The van der Waals surface area contributed by atoms with Gasteiger partial charge < -0.3 is 9.47 Å². The van der Waals surface area contributed by atoms with Crippen molar-refractivity contribution >= 4 is 5.57 Å². The molecule has 3 aliphatic carbocycles. The van der Waals surface area contributed by atoms with Gasteiger partial charge in [-0.1, -0.05) is 60.7 Å². The molecule has 0 saturated carbocycles. The third-order valence-corrected chi connectivity index (χ3v) is 6.36. The lowest BCUT2D eigenvalue weighted by atomic mass is 9.66. The molecule has 3 aliphatic rings. The minimum absolute atomic E-state index is 0.132.